The molecule has 4 N–H and O–H groups in total. The largest absolute Gasteiger partial charge is 0.480 e. The van der Waals surface area contributed by atoms with Crippen LogP contribution in [0.2, 0.25) is 0 Å². The summed E-state index contributed by atoms with van der Waals surface area (Å²) in [7, 11) is 0. The first-order valence-electron chi connectivity index (χ1n) is 6.26. The van der Waals surface area contributed by atoms with E-state index in [9.17, 15) is 9.59 Å². The van der Waals surface area contributed by atoms with Crippen LogP contribution in [-0.4, -0.2) is 23.0 Å². The Kier molecular flexibility index (Phi) is 4.92. The molecule has 1 amide bonds. The Balaban J connectivity index is 2.87. The Labute approximate surface area is 112 Å². The zero-order valence-corrected chi connectivity index (χ0v) is 11.4. The number of hydrogen-bond acceptors (Lipinski definition) is 3. The van der Waals surface area contributed by atoms with Crippen molar-refractivity contribution in [1.29, 1.82) is 0 Å². The molecule has 0 aromatic heterocycles. The van der Waals surface area contributed by atoms with Crippen LogP contribution in [-0.2, 0) is 4.79 Å². The van der Waals surface area contributed by atoms with E-state index in [4.69, 9.17) is 10.8 Å². The second-order valence-electron chi connectivity index (χ2n) is 4.75. The zero-order valence-electron chi connectivity index (χ0n) is 11.4. The van der Waals surface area contributed by atoms with Gasteiger partial charge in [0.05, 0.1) is 0 Å². The normalized spacial score (nSPS) is 13.6. The van der Waals surface area contributed by atoms with Gasteiger partial charge in [0.25, 0.3) is 5.91 Å². The van der Waals surface area contributed by atoms with Gasteiger partial charge in [0.1, 0.15) is 6.04 Å². The number of carbonyl (C=O) groups is 2. The van der Waals surface area contributed by atoms with Gasteiger partial charge in [-0.15, -0.1) is 0 Å². The molecule has 104 valence electrons. The molecule has 1 aromatic carbocycles. The van der Waals surface area contributed by atoms with E-state index >= 15 is 0 Å². The molecule has 0 saturated heterocycles. The second-order valence-corrected chi connectivity index (χ2v) is 4.75. The molecule has 5 heteroatoms. The Morgan fingerprint density at radius 3 is 2.53 bits per heavy atom. The fraction of sp³-hybridized carbons (Fsp3) is 0.429. The molecule has 0 heterocycles. The lowest BCUT2D eigenvalue weighted by atomic mass is 9.98. The summed E-state index contributed by atoms with van der Waals surface area (Å²) in [6.07, 6.45) is 0.674. The van der Waals surface area contributed by atoms with Crippen LogP contribution >= 0.6 is 0 Å². The predicted molar refractivity (Wildman–Crippen MR) is 73.9 cm³/mol. The molecular weight excluding hydrogens is 244 g/mol. The molecule has 1 aromatic rings. The van der Waals surface area contributed by atoms with Crippen molar-refractivity contribution in [1.82, 2.24) is 5.32 Å². The Hall–Kier alpha value is -2.04. The monoisotopic (exact) mass is 264 g/mol. The molecule has 5 nitrogen and oxygen atoms in total. The molecule has 19 heavy (non-hydrogen) atoms. The highest BCUT2D eigenvalue weighted by atomic mass is 16.4. The van der Waals surface area contributed by atoms with Crippen LogP contribution in [0.25, 0.3) is 0 Å². The highest BCUT2D eigenvalue weighted by molar-refractivity contribution is 5.97. The first-order valence-corrected chi connectivity index (χ1v) is 6.26. The van der Waals surface area contributed by atoms with Gasteiger partial charge in [0.15, 0.2) is 0 Å². The minimum absolute atomic E-state index is 0.135. The minimum Gasteiger partial charge on any atom is -0.480 e. The van der Waals surface area contributed by atoms with Crippen molar-refractivity contribution in [2.45, 2.75) is 33.2 Å². The Bertz CT molecular complexity index is 486. The van der Waals surface area contributed by atoms with Gasteiger partial charge in [0, 0.05) is 11.3 Å². The number of nitrogen functional groups attached to an aromatic ring is 1. The number of anilines is 1. The van der Waals surface area contributed by atoms with Crippen LogP contribution in [0.1, 0.15) is 36.2 Å². The number of amides is 1. The molecule has 0 fully saturated rings. The molecule has 1 unspecified atom stereocenters. The summed E-state index contributed by atoms with van der Waals surface area (Å²) in [6, 6.07) is 4.04. The van der Waals surface area contributed by atoms with E-state index < -0.39 is 17.9 Å². The Morgan fingerprint density at radius 1 is 1.42 bits per heavy atom. The number of hydrogen-bond donors (Lipinski definition) is 3. The number of benzene rings is 1. The number of nitrogens with one attached hydrogen (secondary N) is 1. The summed E-state index contributed by atoms with van der Waals surface area (Å²) in [4.78, 5) is 23.2. The standard InChI is InChI=1S/C14H20N2O3/c1-4-8(2)12(14(18)19)16-13(17)10-6-5-9(3)11(15)7-10/h5-8,12H,4,15H2,1-3H3,(H,16,17)(H,18,19)/t8?,12-/m0/s1. The average molecular weight is 264 g/mol. The predicted octanol–water partition coefficient (Wildman–Crippen LogP) is 1.81. The highest BCUT2D eigenvalue weighted by Crippen LogP contribution is 2.14. The lowest BCUT2D eigenvalue weighted by Gasteiger charge is -2.20. The quantitative estimate of drug-likeness (QED) is 0.707. The molecule has 0 saturated carbocycles. The van der Waals surface area contributed by atoms with Crippen molar-refractivity contribution < 1.29 is 14.7 Å². The molecular formula is C14H20N2O3. The summed E-state index contributed by atoms with van der Waals surface area (Å²) in [5.74, 6) is -1.58. The number of carboxylic acid groups (broad SMARTS) is 1. The van der Waals surface area contributed by atoms with Crippen LogP contribution in [0, 0.1) is 12.8 Å². The maximum Gasteiger partial charge on any atom is 0.326 e. The van der Waals surface area contributed by atoms with E-state index in [1.165, 1.54) is 0 Å². The zero-order chi connectivity index (χ0) is 14.6. The number of aryl methyl sites for hydroxylation is 1. The number of carbonyl (C=O) groups excluding carboxylic acids is 1. The molecule has 2 atom stereocenters. The van der Waals surface area contributed by atoms with Gasteiger partial charge in [0.2, 0.25) is 0 Å². The minimum atomic E-state index is -1.03. The third kappa shape index (κ3) is 3.71. The van der Waals surface area contributed by atoms with Gasteiger partial charge in [-0.25, -0.2) is 4.79 Å². The van der Waals surface area contributed by atoms with Gasteiger partial charge < -0.3 is 16.2 Å². The van der Waals surface area contributed by atoms with E-state index in [0.717, 1.165) is 5.56 Å². The highest BCUT2D eigenvalue weighted by Gasteiger charge is 2.25. The fourth-order valence-corrected chi connectivity index (χ4v) is 1.69. The van der Waals surface area contributed by atoms with Gasteiger partial charge in [-0.05, 0) is 30.5 Å². The molecule has 0 bridgehead atoms. The van der Waals surface area contributed by atoms with Crippen LogP contribution in [0.15, 0.2) is 18.2 Å². The average Bonchev–Trinajstić information content (AvgIpc) is 2.37. The van der Waals surface area contributed by atoms with Crippen molar-refractivity contribution >= 4 is 17.6 Å². The van der Waals surface area contributed by atoms with Crippen molar-refractivity contribution in [3.8, 4) is 0 Å². The Morgan fingerprint density at radius 2 is 2.05 bits per heavy atom. The third-order valence-electron chi connectivity index (χ3n) is 3.31. The van der Waals surface area contributed by atoms with Crippen LogP contribution in [0.5, 0.6) is 0 Å². The van der Waals surface area contributed by atoms with E-state index in [1.54, 1.807) is 25.1 Å². The lowest BCUT2D eigenvalue weighted by molar-refractivity contribution is -0.140. The number of aliphatic carboxylic acids is 1. The molecule has 1 rings (SSSR count). The second kappa shape index (κ2) is 6.22. The lowest BCUT2D eigenvalue weighted by Crippen LogP contribution is -2.45. The third-order valence-corrected chi connectivity index (χ3v) is 3.31. The van der Waals surface area contributed by atoms with Gasteiger partial charge in [-0.1, -0.05) is 26.3 Å². The van der Waals surface area contributed by atoms with Crippen LogP contribution in [0.4, 0.5) is 5.69 Å². The van der Waals surface area contributed by atoms with Crippen LogP contribution in [0.3, 0.4) is 0 Å². The van der Waals surface area contributed by atoms with E-state index in [2.05, 4.69) is 5.32 Å². The van der Waals surface area contributed by atoms with Gasteiger partial charge in [-0.3, -0.25) is 4.79 Å². The molecule has 0 radical (unpaired) electrons. The first-order chi connectivity index (χ1) is 8.86. The fourth-order valence-electron chi connectivity index (χ4n) is 1.69. The summed E-state index contributed by atoms with van der Waals surface area (Å²) >= 11 is 0. The first kappa shape index (κ1) is 15.0. The summed E-state index contributed by atoms with van der Waals surface area (Å²) < 4.78 is 0. The molecule has 0 spiro atoms. The molecule has 0 aliphatic rings. The summed E-state index contributed by atoms with van der Waals surface area (Å²) in [5, 5.41) is 11.7. The van der Waals surface area contributed by atoms with Crippen molar-refractivity contribution in [3.63, 3.8) is 0 Å². The van der Waals surface area contributed by atoms with E-state index in [-0.39, 0.29) is 5.92 Å². The maximum absolute atomic E-state index is 12.0. The van der Waals surface area contributed by atoms with Crippen molar-refractivity contribution in [2.24, 2.45) is 5.92 Å². The van der Waals surface area contributed by atoms with E-state index in [1.807, 2.05) is 13.8 Å². The SMILES string of the molecule is CCC(C)[C@H](NC(=O)c1ccc(C)c(N)c1)C(=O)O. The van der Waals surface area contributed by atoms with Crippen LogP contribution < -0.4 is 11.1 Å². The maximum atomic E-state index is 12.0. The van der Waals surface area contributed by atoms with Gasteiger partial charge >= 0.3 is 5.97 Å². The van der Waals surface area contributed by atoms with Crippen molar-refractivity contribution in [2.75, 3.05) is 5.73 Å². The topological polar surface area (TPSA) is 92.4 Å². The van der Waals surface area contributed by atoms with Gasteiger partial charge in [-0.2, -0.15) is 0 Å². The smallest absolute Gasteiger partial charge is 0.326 e. The molecule has 0 aliphatic carbocycles. The number of nitrogens with two attached hydrogens (primary N) is 1. The summed E-state index contributed by atoms with van der Waals surface area (Å²) in [5.41, 5.74) is 7.51. The number of carboxylic acids is 1. The molecule has 0 aliphatic heterocycles. The van der Waals surface area contributed by atoms with E-state index in [0.29, 0.717) is 17.7 Å². The number of rotatable bonds is 5. The van der Waals surface area contributed by atoms with Crippen molar-refractivity contribution in [3.05, 3.63) is 29.3 Å². The summed E-state index contributed by atoms with van der Waals surface area (Å²) in [6.45, 7) is 5.52.